The summed E-state index contributed by atoms with van der Waals surface area (Å²) in [5, 5.41) is 2.81. The number of rotatable bonds is 2. The van der Waals surface area contributed by atoms with Crippen LogP contribution < -0.4 is 5.32 Å². The van der Waals surface area contributed by atoms with Crippen LogP contribution in [0.25, 0.3) is 11.0 Å². The maximum atomic E-state index is 11.6. The van der Waals surface area contributed by atoms with E-state index in [0.717, 1.165) is 11.0 Å². The molecular formula is C12H11N3O2S. The largest absolute Gasteiger partial charge is 0.333 e. The summed E-state index contributed by atoms with van der Waals surface area (Å²) in [6, 6.07) is 7.71. The standard InChI is InChI=1S/C12H11N3O2S/c16-10-6-5-9(11(17)15-10)18-12-13-7-3-1-2-4-8(7)14-12/h1-4,9H,5-6H2,(H,13,14)(H,15,16,17). The summed E-state index contributed by atoms with van der Waals surface area (Å²) in [5.41, 5.74) is 1.83. The molecule has 1 aliphatic rings. The number of benzene rings is 1. The average molecular weight is 261 g/mol. The van der Waals surface area contributed by atoms with Crippen molar-refractivity contribution >= 4 is 34.6 Å². The molecule has 0 aliphatic carbocycles. The van der Waals surface area contributed by atoms with Crippen LogP contribution in [0.4, 0.5) is 0 Å². The molecule has 2 heterocycles. The molecule has 1 saturated heterocycles. The summed E-state index contributed by atoms with van der Waals surface area (Å²) >= 11 is 1.37. The molecule has 92 valence electrons. The topological polar surface area (TPSA) is 74.8 Å². The number of hydrogen-bond donors (Lipinski definition) is 2. The first-order valence-corrected chi connectivity index (χ1v) is 6.55. The van der Waals surface area contributed by atoms with Gasteiger partial charge in [0.15, 0.2) is 5.16 Å². The number of nitrogens with zero attached hydrogens (tertiary/aromatic N) is 1. The lowest BCUT2D eigenvalue weighted by Crippen LogP contribution is -2.42. The number of para-hydroxylation sites is 2. The Hall–Kier alpha value is -1.82. The number of aromatic nitrogens is 2. The van der Waals surface area contributed by atoms with Crippen molar-refractivity contribution in [2.45, 2.75) is 23.2 Å². The number of nitrogens with one attached hydrogen (secondary N) is 2. The number of thioether (sulfide) groups is 1. The molecule has 6 heteroatoms. The third-order valence-electron chi connectivity index (χ3n) is 2.81. The van der Waals surface area contributed by atoms with E-state index in [0.29, 0.717) is 18.0 Å². The van der Waals surface area contributed by atoms with Gasteiger partial charge in [0.1, 0.15) is 0 Å². The van der Waals surface area contributed by atoms with E-state index >= 15 is 0 Å². The van der Waals surface area contributed by atoms with Crippen molar-refractivity contribution in [2.24, 2.45) is 0 Å². The van der Waals surface area contributed by atoms with Crippen molar-refractivity contribution in [1.82, 2.24) is 15.3 Å². The van der Waals surface area contributed by atoms with Gasteiger partial charge in [0.2, 0.25) is 11.8 Å². The van der Waals surface area contributed by atoms with E-state index < -0.39 is 0 Å². The van der Waals surface area contributed by atoms with Gasteiger partial charge in [0.25, 0.3) is 0 Å². The van der Waals surface area contributed by atoms with Gasteiger partial charge in [-0.3, -0.25) is 14.9 Å². The molecule has 2 amide bonds. The lowest BCUT2D eigenvalue weighted by Gasteiger charge is -2.18. The van der Waals surface area contributed by atoms with Gasteiger partial charge in [0, 0.05) is 6.42 Å². The zero-order valence-electron chi connectivity index (χ0n) is 9.47. The zero-order valence-corrected chi connectivity index (χ0v) is 10.3. The monoisotopic (exact) mass is 261 g/mol. The molecule has 1 aromatic carbocycles. The molecule has 1 unspecified atom stereocenters. The highest BCUT2D eigenvalue weighted by molar-refractivity contribution is 8.00. The van der Waals surface area contributed by atoms with Gasteiger partial charge in [-0.2, -0.15) is 0 Å². The number of aromatic amines is 1. The van der Waals surface area contributed by atoms with Crippen LogP contribution in [0.15, 0.2) is 29.4 Å². The molecule has 0 spiro atoms. The Morgan fingerprint density at radius 1 is 1.28 bits per heavy atom. The summed E-state index contributed by atoms with van der Waals surface area (Å²) in [5.74, 6) is -0.418. The molecule has 3 rings (SSSR count). The van der Waals surface area contributed by atoms with Gasteiger partial charge in [-0.1, -0.05) is 23.9 Å². The van der Waals surface area contributed by atoms with Gasteiger partial charge in [-0.15, -0.1) is 0 Å². The van der Waals surface area contributed by atoms with Crippen LogP contribution in [0.3, 0.4) is 0 Å². The molecule has 1 aliphatic heterocycles. The number of carbonyl (C=O) groups is 2. The minimum Gasteiger partial charge on any atom is -0.333 e. The van der Waals surface area contributed by atoms with Crippen LogP contribution in [-0.4, -0.2) is 27.0 Å². The molecule has 18 heavy (non-hydrogen) atoms. The first-order chi connectivity index (χ1) is 8.72. The van der Waals surface area contributed by atoms with Crippen LogP contribution in [0.5, 0.6) is 0 Å². The molecule has 5 nitrogen and oxygen atoms in total. The smallest absolute Gasteiger partial charge is 0.240 e. The Labute approximate surface area is 107 Å². The number of piperidine rings is 1. The number of imide groups is 1. The Bertz CT molecular complexity index is 590. The van der Waals surface area contributed by atoms with E-state index in [1.165, 1.54) is 11.8 Å². The van der Waals surface area contributed by atoms with Crippen LogP contribution in [0.2, 0.25) is 0 Å². The van der Waals surface area contributed by atoms with Crippen molar-refractivity contribution in [2.75, 3.05) is 0 Å². The molecule has 1 fully saturated rings. The summed E-state index contributed by atoms with van der Waals surface area (Å²) < 4.78 is 0. The fraction of sp³-hybridized carbons (Fsp3) is 0.250. The molecule has 2 N–H and O–H groups in total. The molecule has 0 saturated carbocycles. The van der Waals surface area contributed by atoms with Gasteiger partial charge in [0.05, 0.1) is 16.3 Å². The van der Waals surface area contributed by atoms with E-state index in [1.54, 1.807) is 0 Å². The quantitative estimate of drug-likeness (QED) is 0.803. The minimum atomic E-state index is -0.247. The zero-order chi connectivity index (χ0) is 12.5. The summed E-state index contributed by atoms with van der Waals surface area (Å²) in [4.78, 5) is 30.2. The second-order valence-corrected chi connectivity index (χ2v) is 5.31. The van der Waals surface area contributed by atoms with Gasteiger partial charge in [-0.05, 0) is 18.6 Å². The number of carbonyl (C=O) groups excluding carboxylic acids is 2. The summed E-state index contributed by atoms with van der Waals surface area (Å²) in [6.45, 7) is 0. The normalized spacial score (nSPS) is 20.1. The number of hydrogen-bond acceptors (Lipinski definition) is 4. The lowest BCUT2D eigenvalue weighted by molar-refractivity contribution is -0.132. The highest BCUT2D eigenvalue weighted by Gasteiger charge is 2.28. The van der Waals surface area contributed by atoms with Gasteiger partial charge >= 0.3 is 0 Å². The van der Waals surface area contributed by atoms with Crippen molar-refractivity contribution in [3.8, 4) is 0 Å². The molecule has 1 atom stereocenters. The van der Waals surface area contributed by atoms with Crippen molar-refractivity contribution in [3.05, 3.63) is 24.3 Å². The molecular weight excluding hydrogens is 250 g/mol. The predicted octanol–water partition coefficient (Wildman–Crippen LogP) is 1.46. The third kappa shape index (κ3) is 2.11. The first kappa shape index (κ1) is 11.3. The Kier molecular flexibility index (Phi) is 2.79. The van der Waals surface area contributed by atoms with Crippen LogP contribution >= 0.6 is 11.8 Å². The molecule has 0 bridgehead atoms. The van der Waals surface area contributed by atoms with Gasteiger partial charge in [-0.25, -0.2) is 4.98 Å². The predicted molar refractivity (Wildman–Crippen MR) is 68.1 cm³/mol. The number of amides is 2. The number of H-pyrrole nitrogens is 1. The fourth-order valence-electron chi connectivity index (χ4n) is 1.91. The number of imidazole rings is 1. The average Bonchev–Trinajstić information content (AvgIpc) is 2.75. The second kappa shape index (κ2) is 4.45. The Balaban J connectivity index is 1.79. The van der Waals surface area contributed by atoms with E-state index in [4.69, 9.17) is 0 Å². The molecule has 1 aromatic heterocycles. The Morgan fingerprint density at radius 3 is 2.89 bits per heavy atom. The lowest BCUT2D eigenvalue weighted by atomic mass is 10.1. The maximum absolute atomic E-state index is 11.6. The minimum absolute atomic E-state index is 0.193. The maximum Gasteiger partial charge on any atom is 0.240 e. The van der Waals surface area contributed by atoms with Crippen LogP contribution in [0.1, 0.15) is 12.8 Å². The Morgan fingerprint density at radius 2 is 2.11 bits per heavy atom. The van der Waals surface area contributed by atoms with Gasteiger partial charge < -0.3 is 4.98 Å². The van der Waals surface area contributed by atoms with Crippen LogP contribution in [0, 0.1) is 0 Å². The van der Waals surface area contributed by atoms with Crippen LogP contribution in [-0.2, 0) is 9.59 Å². The molecule has 2 aromatic rings. The second-order valence-electron chi connectivity index (χ2n) is 4.12. The first-order valence-electron chi connectivity index (χ1n) is 5.67. The number of fused-ring (bicyclic) bond motifs is 1. The SMILES string of the molecule is O=C1CCC(Sc2nc3ccccc3[nH]2)C(=O)N1. The summed E-state index contributed by atoms with van der Waals surface area (Å²) in [6.07, 6.45) is 0.954. The third-order valence-corrected chi connectivity index (χ3v) is 3.96. The van der Waals surface area contributed by atoms with E-state index in [1.807, 2.05) is 24.3 Å². The summed E-state index contributed by atoms with van der Waals surface area (Å²) in [7, 11) is 0. The van der Waals surface area contributed by atoms with Crippen molar-refractivity contribution in [1.29, 1.82) is 0 Å². The van der Waals surface area contributed by atoms with Crippen molar-refractivity contribution < 1.29 is 9.59 Å². The fourth-order valence-corrected chi connectivity index (χ4v) is 2.90. The molecule has 0 radical (unpaired) electrons. The van der Waals surface area contributed by atoms with Crippen molar-refractivity contribution in [3.63, 3.8) is 0 Å². The van der Waals surface area contributed by atoms with E-state index in [-0.39, 0.29) is 17.1 Å². The highest BCUT2D eigenvalue weighted by Crippen LogP contribution is 2.27. The van der Waals surface area contributed by atoms with E-state index in [9.17, 15) is 9.59 Å². The van der Waals surface area contributed by atoms with E-state index in [2.05, 4.69) is 15.3 Å². The highest BCUT2D eigenvalue weighted by atomic mass is 32.2.